The van der Waals surface area contributed by atoms with Gasteiger partial charge in [0.1, 0.15) is 0 Å². The molecule has 0 saturated heterocycles. The van der Waals surface area contributed by atoms with E-state index in [4.69, 9.17) is 16.1 Å². The minimum absolute atomic E-state index is 0.218. The molecule has 3 rings (SSSR count). The first-order valence-electron chi connectivity index (χ1n) is 7.40. The lowest BCUT2D eigenvalue weighted by Crippen LogP contribution is -2.10. The Morgan fingerprint density at radius 2 is 2.17 bits per heavy atom. The van der Waals surface area contributed by atoms with E-state index in [1.807, 2.05) is 6.92 Å². The van der Waals surface area contributed by atoms with Crippen LogP contribution >= 0.6 is 27.5 Å². The van der Waals surface area contributed by atoms with Gasteiger partial charge in [-0.1, -0.05) is 23.7 Å². The molecule has 0 amide bonds. The van der Waals surface area contributed by atoms with Crippen molar-refractivity contribution in [2.75, 3.05) is 5.75 Å². The fraction of sp³-hybridized carbons (Fsp3) is 0.375. The van der Waals surface area contributed by atoms with Crippen molar-refractivity contribution in [3.63, 3.8) is 0 Å². The number of carbonyl (C=O) groups excluding carboxylic acids is 1. The molecule has 0 radical (unpaired) electrons. The Bertz CT molecular complexity index is 786. The first kappa shape index (κ1) is 16.9. The summed E-state index contributed by atoms with van der Waals surface area (Å²) in [6.45, 7) is 1.95. The molecule has 0 bridgehead atoms. The highest BCUT2D eigenvalue weighted by Gasteiger charge is 2.34. The van der Waals surface area contributed by atoms with Crippen LogP contribution in [0.1, 0.15) is 53.8 Å². The molecule has 23 heavy (non-hydrogen) atoms. The highest BCUT2D eigenvalue weighted by atomic mass is 79.9. The molecule has 1 aromatic carbocycles. The summed E-state index contributed by atoms with van der Waals surface area (Å²) in [4.78, 5) is 13.4. The van der Waals surface area contributed by atoms with Gasteiger partial charge in [0.25, 0.3) is 0 Å². The summed E-state index contributed by atoms with van der Waals surface area (Å²) in [5.41, 5.74) is 0.842. The topological polar surface area (TPSA) is 60.2 Å². The van der Waals surface area contributed by atoms with Gasteiger partial charge >= 0.3 is 0 Å². The summed E-state index contributed by atoms with van der Waals surface area (Å²) in [6.07, 6.45) is 4.22. The maximum absolute atomic E-state index is 13.0. The molecule has 1 fully saturated rings. The highest BCUT2D eigenvalue weighted by Crippen LogP contribution is 2.42. The average Bonchev–Trinajstić information content (AvgIpc) is 3.26. The number of aromatic nitrogens is 1. The lowest BCUT2D eigenvalue weighted by Gasteiger charge is -2.11. The molecule has 1 aliphatic rings. The SMILES string of the molecule is CCCS(=O)c1c(C(=O)c2cnoc2C2CC2)ccc(Cl)c1Br. The zero-order valence-corrected chi connectivity index (χ0v) is 15.6. The van der Waals surface area contributed by atoms with Crippen molar-refractivity contribution in [1.82, 2.24) is 5.16 Å². The molecule has 0 N–H and O–H groups in total. The molecule has 1 atom stereocenters. The summed E-state index contributed by atoms with van der Waals surface area (Å²) in [7, 11) is -1.30. The minimum Gasteiger partial charge on any atom is -0.360 e. The summed E-state index contributed by atoms with van der Waals surface area (Å²) in [5.74, 6) is 1.16. The smallest absolute Gasteiger partial charge is 0.199 e. The first-order chi connectivity index (χ1) is 11.0. The monoisotopic (exact) mass is 415 g/mol. The average molecular weight is 417 g/mol. The van der Waals surface area contributed by atoms with Crippen molar-refractivity contribution in [2.24, 2.45) is 0 Å². The second-order valence-corrected chi connectivity index (χ2v) is 8.20. The number of benzene rings is 1. The minimum atomic E-state index is -1.30. The van der Waals surface area contributed by atoms with Crippen molar-refractivity contribution in [2.45, 2.75) is 37.0 Å². The number of hydrogen-bond donors (Lipinski definition) is 0. The van der Waals surface area contributed by atoms with Gasteiger partial charge in [0.15, 0.2) is 11.5 Å². The molecule has 1 aliphatic carbocycles. The van der Waals surface area contributed by atoms with Crippen LogP contribution in [0.2, 0.25) is 5.02 Å². The van der Waals surface area contributed by atoms with Crippen LogP contribution in [0.25, 0.3) is 0 Å². The van der Waals surface area contributed by atoms with Crippen molar-refractivity contribution in [3.05, 3.63) is 44.7 Å². The van der Waals surface area contributed by atoms with Gasteiger partial charge in [-0.2, -0.15) is 0 Å². The molecule has 0 aliphatic heterocycles. The second kappa shape index (κ2) is 6.87. The molecule has 1 aromatic heterocycles. The molecular weight excluding hydrogens is 402 g/mol. The maximum Gasteiger partial charge on any atom is 0.199 e. The van der Waals surface area contributed by atoms with Gasteiger partial charge in [0.2, 0.25) is 0 Å². The van der Waals surface area contributed by atoms with Crippen LogP contribution in [-0.2, 0) is 10.8 Å². The Balaban J connectivity index is 2.08. The third kappa shape index (κ3) is 3.30. The van der Waals surface area contributed by atoms with Gasteiger partial charge in [0.05, 0.1) is 37.0 Å². The van der Waals surface area contributed by atoms with Crippen molar-refractivity contribution >= 4 is 44.1 Å². The largest absolute Gasteiger partial charge is 0.360 e. The normalized spacial score (nSPS) is 15.6. The van der Waals surface area contributed by atoms with Crippen LogP contribution < -0.4 is 0 Å². The number of halogens is 2. The van der Waals surface area contributed by atoms with Crippen molar-refractivity contribution in [3.8, 4) is 0 Å². The van der Waals surface area contributed by atoms with Crippen LogP contribution in [0.4, 0.5) is 0 Å². The summed E-state index contributed by atoms with van der Waals surface area (Å²) >= 11 is 9.50. The highest BCUT2D eigenvalue weighted by molar-refractivity contribution is 9.10. The first-order valence-corrected chi connectivity index (χ1v) is 9.89. The Kier molecular flexibility index (Phi) is 5.04. The molecule has 0 spiro atoms. The number of nitrogens with zero attached hydrogens (tertiary/aromatic N) is 1. The van der Waals surface area contributed by atoms with E-state index in [1.54, 1.807) is 12.1 Å². The van der Waals surface area contributed by atoms with Crippen molar-refractivity contribution < 1.29 is 13.5 Å². The molecule has 1 saturated carbocycles. The molecule has 1 unspecified atom stereocenters. The van der Waals surface area contributed by atoms with Gasteiger partial charge in [-0.15, -0.1) is 0 Å². The third-order valence-corrected chi connectivity index (χ3v) is 6.99. The van der Waals surface area contributed by atoms with Gasteiger partial charge in [-0.05, 0) is 47.3 Å². The molecule has 7 heteroatoms. The summed E-state index contributed by atoms with van der Waals surface area (Å²) in [5, 5.41) is 4.21. The van der Waals surface area contributed by atoms with Gasteiger partial charge in [-0.25, -0.2) is 0 Å². The zero-order valence-electron chi connectivity index (χ0n) is 12.5. The Morgan fingerprint density at radius 3 is 2.83 bits per heavy atom. The van der Waals surface area contributed by atoms with E-state index in [0.717, 1.165) is 19.3 Å². The van der Waals surface area contributed by atoms with E-state index in [0.29, 0.717) is 37.0 Å². The van der Waals surface area contributed by atoms with Gasteiger partial charge < -0.3 is 4.52 Å². The lowest BCUT2D eigenvalue weighted by atomic mass is 10.0. The molecule has 1 heterocycles. The number of hydrogen-bond acceptors (Lipinski definition) is 4. The number of ketones is 1. The molecule has 122 valence electrons. The van der Waals surface area contributed by atoms with E-state index < -0.39 is 10.8 Å². The van der Waals surface area contributed by atoms with Crippen LogP contribution in [0, 0.1) is 0 Å². The Labute approximate surface area is 150 Å². The van der Waals surface area contributed by atoms with E-state index in [2.05, 4.69) is 21.1 Å². The standard InChI is InChI=1S/C16H15BrClNO3S/c1-2-7-23(21)16-10(5-6-12(18)13(16)17)14(20)11-8-19-22-15(11)9-3-4-9/h5-6,8-9H,2-4,7H2,1H3. The quantitative estimate of drug-likeness (QED) is 0.639. The van der Waals surface area contributed by atoms with Crippen LogP contribution in [0.15, 0.2) is 32.2 Å². The van der Waals surface area contributed by atoms with E-state index >= 15 is 0 Å². The fourth-order valence-corrected chi connectivity index (χ4v) is 4.82. The lowest BCUT2D eigenvalue weighted by molar-refractivity contribution is 0.103. The van der Waals surface area contributed by atoms with Crippen molar-refractivity contribution in [1.29, 1.82) is 0 Å². The fourth-order valence-electron chi connectivity index (χ4n) is 2.43. The van der Waals surface area contributed by atoms with E-state index in [9.17, 15) is 9.00 Å². The van der Waals surface area contributed by atoms with E-state index in [1.165, 1.54) is 6.20 Å². The van der Waals surface area contributed by atoms with Crippen LogP contribution in [0.5, 0.6) is 0 Å². The van der Waals surface area contributed by atoms with Crippen LogP contribution in [-0.4, -0.2) is 20.9 Å². The summed E-state index contributed by atoms with van der Waals surface area (Å²) < 4.78 is 18.3. The third-order valence-electron chi connectivity index (χ3n) is 3.70. The van der Waals surface area contributed by atoms with Gasteiger partial charge in [0, 0.05) is 17.2 Å². The zero-order chi connectivity index (χ0) is 16.6. The molecular formula is C16H15BrClNO3S. The predicted octanol–water partition coefficient (Wildman–Crippen LogP) is 4.72. The predicted molar refractivity (Wildman–Crippen MR) is 92.6 cm³/mol. The number of rotatable bonds is 6. The Morgan fingerprint density at radius 1 is 1.43 bits per heavy atom. The maximum atomic E-state index is 13.0. The summed E-state index contributed by atoms with van der Waals surface area (Å²) in [6, 6.07) is 3.26. The molecule has 2 aromatic rings. The van der Waals surface area contributed by atoms with Crippen LogP contribution in [0.3, 0.4) is 0 Å². The molecule has 4 nitrogen and oxygen atoms in total. The Hall–Kier alpha value is -0.980. The second-order valence-electron chi connectivity index (χ2n) is 5.49. The van der Waals surface area contributed by atoms with E-state index in [-0.39, 0.29) is 11.7 Å². The van der Waals surface area contributed by atoms with Gasteiger partial charge in [-0.3, -0.25) is 9.00 Å². The number of carbonyl (C=O) groups is 1.